The molecule has 16 heavy (non-hydrogen) atoms. The van der Waals surface area contributed by atoms with Crippen LogP contribution in [0.1, 0.15) is 32.6 Å². The molecule has 1 saturated carbocycles. The molecule has 0 amide bonds. The zero-order valence-electron chi connectivity index (χ0n) is 10.3. The van der Waals surface area contributed by atoms with Crippen LogP contribution in [0.25, 0.3) is 0 Å². The summed E-state index contributed by atoms with van der Waals surface area (Å²) >= 11 is 0. The molecule has 4 unspecified atom stereocenters. The number of hydrogen-bond donors (Lipinski definition) is 1. The second kappa shape index (κ2) is 5.61. The molecule has 3 nitrogen and oxygen atoms in total. The van der Waals surface area contributed by atoms with Gasteiger partial charge in [-0.3, -0.25) is 4.21 Å². The summed E-state index contributed by atoms with van der Waals surface area (Å²) in [5, 5.41) is 4.13. The van der Waals surface area contributed by atoms with E-state index >= 15 is 0 Å². The third-order valence-corrected chi connectivity index (χ3v) is 6.54. The molecule has 0 bridgehead atoms. The van der Waals surface area contributed by atoms with Crippen molar-refractivity contribution in [2.45, 2.75) is 49.1 Å². The Balaban J connectivity index is 1.94. The predicted molar refractivity (Wildman–Crippen MR) is 67.0 cm³/mol. The van der Waals surface area contributed by atoms with Crippen LogP contribution in [0.2, 0.25) is 0 Å². The average molecular weight is 245 g/mol. The van der Waals surface area contributed by atoms with Crippen molar-refractivity contribution in [1.29, 1.82) is 0 Å². The summed E-state index contributed by atoms with van der Waals surface area (Å²) in [6.07, 6.45) is 4.27. The van der Waals surface area contributed by atoms with E-state index in [0.29, 0.717) is 22.5 Å². The van der Waals surface area contributed by atoms with Crippen molar-refractivity contribution in [2.75, 3.05) is 20.3 Å². The summed E-state index contributed by atoms with van der Waals surface area (Å²) in [5.41, 5.74) is 0. The third-order valence-electron chi connectivity index (χ3n) is 4.15. The van der Waals surface area contributed by atoms with Gasteiger partial charge in [-0.1, -0.05) is 6.92 Å². The molecule has 94 valence electrons. The van der Waals surface area contributed by atoms with Gasteiger partial charge in [-0.15, -0.1) is 0 Å². The Morgan fingerprint density at radius 2 is 1.88 bits per heavy atom. The normalized spacial score (nSPS) is 38.8. The maximum absolute atomic E-state index is 12.5. The van der Waals surface area contributed by atoms with E-state index in [1.54, 1.807) is 0 Å². The summed E-state index contributed by atoms with van der Waals surface area (Å²) < 4.78 is 17.8. The van der Waals surface area contributed by atoms with Crippen molar-refractivity contribution >= 4 is 10.8 Å². The van der Waals surface area contributed by atoms with E-state index in [1.165, 1.54) is 6.42 Å². The predicted octanol–water partition coefficient (Wildman–Crippen LogP) is 1.30. The first-order valence-electron chi connectivity index (χ1n) is 6.38. The number of hydrogen-bond acceptors (Lipinski definition) is 3. The minimum atomic E-state index is -0.654. The lowest BCUT2D eigenvalue weighted by Crippen LogP contribution is -2.37. The Hall–Kier alpha value is 0.0700. The lowest BCUT2D eigenvalue weighted by atomic mass is 10.1. The molecule has 2 fully saturated rings. The van der Waals surface area contributed by atoms with Gasteiger partial charge in [0.25, 0.3) is 0 Å². The SMILES string of the molecule is CNC1CCC(S(=O)C2CCOCC2)C1C. The molecule has 4 heteroatoms. The van der Waals surface area contributed by atoms with Gasteiger partial charge in [0.05, 0.1) is 0 Å². The molecule has 2 aliphatic rings. The first kappa shape index (κ1) is 12.5. The first-order chi connectivity index (χ1) is 7.74. The van der Waals surface area contributed by atoms with E-state index < -0.39 is 10.8 Å². The van der Waals surface area contributed by atoms with Crippen molar-refractivity contribution in [1.82, 2.24) is 5.32 Å². The summed E-state index contributed by atoms with van der Waals surface area (Å²) in [6, 6.07) is 0.564. The molecular weight excluding hydrogens is 222 g/mol. The van der Waals surface area contributed by atoms with Gasteiger partial charge in [-0.25, -0.2) is 0 Å². The van der Waals surface area contributed by atoms with Crippen LogP contribution in [0.3, 0.4) is 0 Å². The lowest BCUT2D eigenvalue weighted by molar-refractivity contribution is 0.0990. The first-order valence-corrected chi connectivity index (χ1v) is 7.66. The summed E-state index contributed by atoms with van der Waals surface area (Å²) in [5.74, 6) is 0.550. The van der Waals surface area contributed by atoms with Crippen LogP contribution in [0.4, 0.5) is 0 Å². The molecule has 0 aromatic carbocycles. The lowest BCUT2D eigenvalue weighted by Gasteiger charge is -2.27. The van der Waals surface area contributed by atoms with Gasteiger partial charge in [0, 0.05) is 40.6 Å². The molecule has 4 atom stereocenters. The fourth-order valence-electron chi connectivity index (χ4n) is 3.02. The van der Waals surface area contributed by atoms with Gasteiger partial charge in [-0.05, 0) is 38.6 Å². The van der Waals surface area contributed by atoms with Crippen molar-refractivity contribution < 1.29 is 8.95 Å². The molecule has 1 aliphatic heterocycles. The fourth-order valence-corrected chi connectivity index (χ4v) is 5.15. The maximum Gasteiger partial charge on any atom is 0.0477 e. The van der Waals surface area contributed by atoms with E-state index in [0.717, 1.165) is 32.5 Å². The molecule has 1 aliphatic carbocycles. The molecular formula is C12H23NO2S. The Morgan fingerprint density at radius 3 is 2.44 bits per heavy atom. The number of ether oxygens (including phenoxy) is 1. The van der Waals surface area contributed by atoms with Gasteiger partial charge >= 0.3 is 0 Å². The van der Waals surface area contributed by atoms with Crippen molar-refractivity contribution in [3.63, 3.8) is 0 Å². The van der Waals surface area contributed by atoms with E-state index in [4.69, 9.17) is 4.74 Å². The van der Waals surface area contributed by atoms with E-state index in [-0.39, 0.29) is 0 Å². The quantitative estimate of drug-likeness (QED) is 0.814. The zero-order valence-corrected chi connectivity index (χ0v) is 11.1. The molecule has 1 N–H and O–H groups in total. The van der Waals surface area contributed by atoms with Crippen LogP contribution in [0.5, 0.6) is 0 Å². The summed E-state index contributed by atoms with van der Waals surface area (Å²) in [7, 11) is 1.36. The maximum atomic E-state index is 12.5. The van der Waals surface area contributed by atoms with E-state index in [1.807, 2.05) is 7.05 Å². The van der Waals surface area contributed by atoms with Crippen LogP contribution < -0.4 is 5.32 Å². The molecule has 0 aromatic heterocycles. The Bertz CT molecular complexity index is 253. The minimum absolute atomic E-state index is 0.386. The van der Waals surface area contributed by atoms with Crippen LogP contribution >= 0.6 is 0 Å². The number of rotatable bonds is 3. The Morgan fingerprint density at radius 1 is 1.19 bits per heavy atom. The molecule has 1 heterocycles. The van der Waals surface area contributed by atoms with Crippen LogP contribution in [0.15, 0.2) is 0 Å². The second-order valence-electron chi connectivity index (χ2n) is 5.01. The third kappa shape index (κ3) is 2.49. The van der Waals surface area contributed by atoms with Crippen LogP contribution in [-0.4, -0.2) is 41.0 Å². The minimum Gasteiger partial charge on any atom is -0.381 e. The summed E-state index contributed by atoms with van der Waals surface area (Å²) in [6.45, 7) is 3.84. The Labute approximate surface area is 101 Å². The van der Waals surface area contributed by atoms with Crippen LogP contribution in [-0.2, 0) is 15.5 Å². The molecule has 0 spiro atoms. The van der Waals surface area contributed by atoms with Gasteiger partial charge in [0.1, 0.15) is 0 Å². The second-order valence-corrected chi connectivity index (χ2v) is 6.94. The Kier molecular flexibility index (Phi) is 4.39. The molecule has 2 rings (SSSR count). The van der Waals surface area contributed by atoms with Crippen LogP contribution in [0, 0.1) is 5.92 Å². The molecule has 1 saturated heterocycles. The summed E-state index contributed by atoms with van der Waals surface area (Å²) in [4.78, 5) is 0. The zero-order chi connectivity index (χ0) is 11.5. The van der Waals surface area contributed by atoms with E-state index in [2.05, 4.69) is 12.2 Å². The average Bonchev–Trinajstić information content (AvgIpc) is 2.70. The smallest absolute Gasteiger partial charge is 0.0477 e. The highest BCUT2D eigenvalue weighted by Gasteiger charge is 2.38. The van der Waals surface area contributed by atoms with Crippen molar-refractivity contribution in [3.8, 4) is 0 Å². The molecule has 0 aromatic rings. The van der Waals surface area contributed by atoms with Gasteiger partial charge < -0.3 is 10.1 Å². The topological polar surface area (TPSA) is 38.3 Å². The highest BCUT2D eigenvalue weighted by atomic mass is 32.2. The van der Waals surface area contributed by atoms with E-state index in [9.17, 15) is 4.21 Å². The highest BCUT2D eigenvalue weighted by Crippen LogP contribution is 2.32. The molecule has 0 radical (unpaired) electrons. The van der Waals surface area contributed by atoms with Gasteiger partial charge in [0.2, 0.25) is 0 Å². The largest absolute Gasteiger partial charge is 0.381 e. The highest BCUT2D eigenvalue weighted by molar-refractivity contribution is 7.86. The van der Waals surface area contributed by atoms with Crippen molar-refractivity contribution in [3.05, 3.63) is 0 Å². The van der Waals surface area contributed by atoms with Crippen molar-refractivity contribution in [2.24, 2.45) is 5.92 Å². The van der Waals surface area contributed by atoms with Gasteiger partial charge in [0.15, 0.2) is 0 Å². The fraction of sp³-hybridized carbons (Fsp3) is 1.00. The van der Waals surface area contributed by atoms with Gasteiger partial charge in [-0.2, -0.15) is 0 Å². The number of nitrogens with one attached hydrogen (secondary N) is 1. The standard InChI is InChI=1S/C12H23NO2S/c1-9-11(13-2)3-4-12(9)16(14)10-5-7-15-8-6-10/h9-13H,3-8H2,1-2H3. The monoisotopic (exact) mass is 245 g/mol.